The van der Waals surface area contributed by atoms with Crippen molar-refractivity contribution >= 4 is 35.1 Å². The van der Waals surface area contributed by atoms with Gasteiger partial charge in [-0.15, -0.1) is 0 Å². The van der Waals surface area contributed by atoms with E-state index in [1.807, 2.05) is 62.5 Å². The number of likely N-dealkylation sites (tertiary alicyclic amines) is 1. The maximum absolute atomic E-state index is 14.5. The molecule has 0 unspecified atom stereocenters. The average Bonchev–Trinajstić information content (AvgIpc) is 3.52. The van der Waals surface area contributed by atoms with E-state index in [1.54, 1.807) is 23.2 Å². The van der Waals surface area contributed by atoms with Crippen molar-refractivity contribution in [1.82, 2.24) is 20.1 Å². The molecule has 1 fully saturated rings. The summed E-state index contributed by atoms with van der Waals surface area (Å²) in [7, 11) is 1.86. The van der Waals surface area contributed by atoms with Crippen LogP contribution in [0.25, 0.3) is 0 Å². The van der Waals surface area contributed by atoms with Crippen molar-refractivity contribution in [2.24, 2.45) is 11.3 Å². The van der Waals surface area contributed by atoms with Gasteiger partial charge in [0.15, 0.2) is 5.67 Å². The second-order valence-corrected chi connectivity index (χ2v) is 13.7. The average molecular weight is 671 g/mol. The first-order valence-corrected chi connectivity index (χ1v) is 17.0. The number of halogens is 1. The number of carbonyl (C=O) groups excluding carboxylic acids is 4. The summed E-state index contributed by atoms with van der Waals surface area (Å²) in [5, 5.41) is 9.04. The molecule has 3 N–H and O–H groups in total. The molecule has 0 bridgehead atoms. The molecule has 0 radical (unpaired) electrons. The Labute approximate surface area is 287 Å². The summed E-state index contributed by atoms with van der Waals surface area (Å²) in [6.45, 7) is 5.70. The second-order valence-electron chi connectivity index (χ2n) is 13.7. The van der Waals surface area contributed by atoms with Crippen LogP contribution in [0.1, 0.15) is 62.3 Å². The highest BCUT2D eigenvalue weighted by Gasteiger charge is 2.45. The molecule has 260 valence electrons. The van der Waals surface area contributed by atoms with Gasteiger partial charge in [-0.2, -0.15) is 0 Å². The molecular formula is C38H47FN6O4. The normalized spacial score (nSPS) is 16.8. The molecule has 2 heterocycles. The second kappa shape index (κ2) is 15.3. The Morgan fingerprint density at radius 2 is 1.65 bits per heavy atom. The van der Waals surface area contributed by atoms with Crippen LogP contribution in [0.5, 0.6) is 0 Å². The van der Waals surface area contributed by atoms with Crippen molar-refractivity contribution in [3.63, 3.8) is 0 Å². The number of anilines is 2. The van der Waals surface area contributed by atoms with E-state index in [-0.39, 0.29) is 49.8 Å². The van der Waals surface area contributed by atoms with Crippen LogP contribution in [0.3, 0.4) is 0 Å². The molecule has 10 nitrogen and oxygen atoms in total. The van der Waals surface area contributed by atoms with Gasteiger partial charge in [0.25, 0.3) is 5.91 Å². The van der Waals surface area contributed by atoms with E-state index in [0.717, 1.165) is 22.3 Å². The van der Waals surface area contributed by atoms with Gasteiger partial charge in [0.2, 0.25) is 17.7 Å². The summed E-state index contributed by atoms with van der Waals surface area (Å²) in [4.78, 5) is 61.0. The zero-order chi connectivity index (χ0) is 35.2. The summed E-state index contributed by atoms with van der Waals surface area (Å²) in [6, 6.07) is 18.9. The minimum Gasteiger partial charge on any atom is -0.340 e. The number of piperidine rings is 1. The summed E-state index contributed by atoms with van der Waals surface area (Å²) in [5.41, 5.74) is 1.85. The lowest BCUT2D eigenvalue weighted by atomic mass is 9.74. The van der Waals surface area contributed by atoms with Gasteiger partial charge in [-0.3, -0.25) is 19.2 Å². The highest BCUT2D eigenvalue weighted by molar-refractivity contribution is 5.96. The summed E-state index contributed by atoms with van der Waals surface area (Å²) >= 11 is 0. The first-order chi connectivity index (χ1) is 23.4. The van der Waals surface area contributed by atoms with Crippen molar-refractivity contribution in [3.05, 3.63) is 89.1 Å². The van der Waals surface area contributed by atoms with Crippen molar-refractivity contribution in [2.75, 3.05) is 37.3 Å². The highest BCUT2D eigenvalue weighted by Crippen LogP contribution is 2.38. The number of alkyl halides is 1. The molecule has 3 aromatic rings. The molecule has 5 rings (SSSR count). The Morgan fingerprint density at radius 1 is 0.959 bits per heavy atom. The molecule has 1 atom stereocenters. The number of pyridine rings is 1. The number of hydrogen-bond donors (Lipinski definition) is 3. The van der Waals surface area contributed by atoms with Crippen molar-refractivity contribution in [2.45, 2.75) is 71.6 Å². The van der Waals surface area contributed by atoms with Crippen molar-refractivity contribution in [3.8, 4) is 0 Å². The predicted octanol–water partition coefficient (Wildman–Crippen LogP) is 4.89. The van der Waals surface area contributed by atoms with Crippen LogP contribution in [-0.2, 0) is 45.1 Å². The Bertz CT molecular complexity index is 1670. The number of rotatable bonds is 12. The van der Waals surface area contributed by atoms with E-state index < -0.39 is 17.0 Å². The van der Waals surface area contributed by atoms with E-state index in [4.69, 9.17) is 0 Å². The maximum atomic E-state index is 14.5. The van der Waals surface area contributed by atoms with Gasteiger partial charge in [-0.1, -0.05) is 43.3 Å². The van der Waals surface area contributed by atoms with E-state index in [2.05, 4.69) is 20.9 Å². The number of fused-ring (bicyclic) bond motifs is 1. The largest absolute Gasteiger partial charge is 0.340 e. The van der Waals surface area contributed by atoms with Gasteiger partial charge >= 0.3 is 0 Å². The topological polar surface area (TPSA) is 124 Å². The summed E-state index contributed by atoms with van der Waals surface area (Å²) in [6.07, 6.45) is 4.08. The van der Waals surface area contributed by atoms with Crippen molar-refractivity contribution in [1.29, 1.82) is 0 Å². The minimum absolute atomic E-state index is 0.0957. The monoisotopic (exact) mass is 670 g/mol. The fourth-order valence-corrected chi connectivity index (χ4v) is 6.97. The van der Waals surface area contributed by atoms with E-state index in [1.165, 1.54) is 18.7 Å². The molecule has 1 aromatic heterocycles. The van der Waals surface area contributed by atoms with Crippen LogP contribution >= 0.6 is 0 Å². The van der Waals surface area contributed by atoms with Gasteiger partial charge in [-0.05, 0) is 99.5 Å². The number of nitrogens with one attached hydrogen (secondary N) is 3. The zero-order valence-corrected chi connectivity index (χ0v) is 28.9. The van der Waals surface area contributed by atoms with Crippen LogP contribution in [0, 0.1) is 11.3 Å². The zero-order valence-electron chi connectivity index (χ0n) is 28.9. The molecular weight excluding hydrogens is 623 g/mol. The lowest BCUT2D eigenvalue weighted by Crippen LogP contribution is -2.54. The Hall–Kier alpha value is -4.64. The minimum atomic E-state index is -1.98. The molecule has 4 amide bonds. The molecule has 2 aromatic carbocycles. The number of hydrogen-bond acceptors (Lipinski definition) is 6. The Balaban J connectivity index is 1.30. The third-order valence-electron chi connectivity index (χ3n) is 9.82. The van der Waals surface area contributed by atoms with Crippen LogP contribution in [0.2, 0.25) is 0 Å². The molecule has 49 heavy (non-hydrogen) atoms. The molecule has 0 spiro atoms. The lowest BCUT2D eigenvalue weighted by molar-refractivity contribution is -0.153. The quantitative estimate of drug-likeness (QED) is 0.252. The molecule has 1 aliphatic heterocycles. The van der Waals surface area contributed by atoms with Crippen LogP contribution in [-0.4, -0.2) is 70.8 Å². The van der Waals surface area contributed by atoms with Gasteiger partial charge in [0.1, 0.15) is 12.4 Å². The summed E-state index contributed by atoms with van der Waals surface area (Å²) in [5.74, 6) is -0.877. The van der Waals surface area contributed by atoms with Crippen LogP contribution in [0.4, 0.5) is 15.9 Å². The fourth-order valence-electron chi connectivity index (χ4n) is 6.97. The van der Waals surface area contributed by atoms with E-state index in [9.17, 15) is 23.6 Å². The van der Waals surface area contributed by atoms with Crippen LogP contribution in [0.15, 0.2) is 66.9 Å². The molecule has 1 saturated heterocycles. The van der Waals surface area contributed by atoms with Gasteiger partial charge < -0.3 is 25.8 Å². The summed E-state index contributed by atoms with van der Waals surface area (Å²) < 4.78 is 14.5. The standard InChI is InChI=1S/C38H47FN6O4/c1-5-38(15-18-44(19-16-38)35(48)37(2,3)39)36(49)45(24-28-11-7-6-10-27(28)23-40-4)25-33(46)42-31-14-13-26-20-30(21-29(26)22-31)34(47)43-32-12-8-9-17-41-32/h6-14,17,22,30,40H,5,15-16,18-21,23-25H2,1-4H3,(H,42,46)(H,41,43,47)/t30-/m1/s1. The number of nitrogens with zero attached hydrogens (tertiary/aromatic N) is 3. The Morgan fingerprint density at radius 3 is 2.31 bits per heavy atom. The first-order valence-electron chi connectivity index (χ1n) is 17.0. The number of benzene rings is 2. The fraction of sp³-hybridized carbons (Fsp3) is 0.447. The third kappa shape index (κ3) is 8.51. The van der Waals surface area contributed by atoms with Crippen LogP contribution < -0.4 is 16.0 Å². The number of carbonyl (C=O) groups is 4. The van der Waals surface area contributed by atoms with E-state index >= 15 is 0 Å². The molecule has 11 heteroatoms. The predicted molar refractivity (Wildman–Crippen MR) is 187 cm³/mol. The maximum Gasteiger partial charge on any atom is 0.259 e. The molecule has 1 aliphatic carbocycles. The highest BCUT2D eigenvalue weighted by atomic mass is 19.1. The third-order valence-corrected chi connectivity index (χ3v) is 9.82. The van der Waals surface area contributed by atoms with Gasteiger partial charge in [-0.25, -0.2) is 9.37 Å². The van der Waals surface area contributed by atoms with Gasteiger partial charge in [0.05, 0.1) is 5.41 Å². The number of aromatic nitrogens is 1. The molecule has 0 saturated carbocycles. The SMILES string of the molecule is CCC1(C(=O)N(CC(=O)Nc2ccc3c(c2)C[C@H](C(=O)Nc2ccccn2)C3)Cc2ccccc2CNC)CCN(C(=O)C(C)(C)F)CC1. The smallest absolute Gasteiger partial charge is 0.259 e. The van der Waals surface area contributed by atoms with E-state index in [0.29, 0.717) is 50.2 Å². The first kappa shape index (κ1) is 35.7. The number of amides is 4. The lowest BCUT2D eigenvalue weighted by Gasteiger charge is -2.43. The molecule has 2 aliphatic rings. The Kier molecular flexibility index (Phi) is 11.1. The van der Waals surface area contributed by atoms with Crippen molar-refractivity contribution < 1.29 is 23.6 Å². The van der Waals surface area contributed by atoms with Gasteiger partial charge in [0, 0.05) is 44.0 Å².